The second kappa shape index (κ2) is 6.20. The molecule has 1 aromatic carbocycles. The highest BCUT2D eigenvalue weighted by Gasteiger charge is 2.31. The molecule has 1 aliphatic rings. The van der Waals surface area contributed by atoms with E-state index in [1.807, 2.05) is 37.3 Å². The van der Waals surface area contributed by atoms with Crippen LogP contribution in [0.4, 0.5) is 0 Å². The largest absolute Gasteiger partial charge is 0.378 e. The number of hydrogen-bond acceptors (Lipinski definition) is 5. The number of morpholine rings is 1. The van der Waals surface area contributed by atoms with Crippen LogP contribution in [0.3, 0.4) is 0 Å². The number of ether oxygens (including phenoxy) is 1. The first kappa shape index (κ1) is 15.2. The summed E-state index contributed by atoms with van der Waals surface area (Å²) in [7, 11) is -3.43. The average Bonchev–Trinajstić information content (AvgIpc) is 2.96. The van der Waals surface area contributed by atoms with Gasteiger partial charge in [-0.15, -0.1) is 0 Å². The molecule has 3 rings (SSSR count). The van der Waals surface area contributed by atoms with Gasteiger partial charge in [-0.25, -0.2) is 8.42 Å². The van der Waals surface area contributed by atoms with Gasteiger partial charge in [0.05, 0.1) is 13.2 Å². The normalized spacial score (nSPS) is 20.1. The van der Waals surface area contributed by atoms with Gasteiger partial charge in [0.2, 0.25) is 10.0 Å². The van der Waals surface area contributed by atoms with Crippen LogP contribution in [-0.4, -0.2) is 43.7 Å². The standard InChI is InChI=1S/C15H18N2O4S/c1-12-10-20-8-7-17(12)22(18,19)11-14-9-15(16-21-14)13-5-3-2-4-6-13/h2-6,9,12H,7-8,10-11H2,1H3/t12-/m0/s1. The van der Waals surface area contributed by atoms with Crippen molar-refractivity contribution in [3.8, 4) is 11.3 Å². The maximum Gasteiger partial charge on any atom is 0.221 e. The first-order chi connectivity index (χ1) is 10.6. The molecule has 0 saturated carbocycles. The molecule has 6 nitrogen and oxygen atoms in total. The van der Waals surface area contributed by atoms with Crippen molar-refractivity contribution >= 4 is 10.0 Å². The second-order valence-corrected chi connectivity index (χ2v) is 7.26. The van der Waals surface area contributed by atoms with E-state index in [4.69, 9.17) is 9.26 Å². The van der Waals surface area contributed by atoms with E-state index in [1.165, 1.54) is 4.31 Å². The van der Waals surface area contributed by atoms with E-state index in [-0.39, 0.29) is 11.8 Å². The second-order valence-electron chi connectivity index (χ2n) is 5.34. The van der Waals surface area contributed by atoms with Crippen LogP contribution in [0.15, 0.2) is 40.9 Å². The van der Waals surface area contributed by atoms with Gasteiger partial charge in [0.25, 0.3) is 0 Å². The van der Waals surface area contributed by atoms with Gasteiger partial charge in [0.15, 0.2) is 5.76 Å². The zero-order valence-corrected chi connectivity index (χ0v) is 13.1. The molecule has 1 atom stereocenters. The van der Waals surface area contributed by atoms with Crippen LogP contribution >= 0.6 is 0 Å². The summed E-state index contributed by atoms with van der Waals surface area (Å²) in [4.78, 5) is 0. The molecule has 0 spiro atoms. The predicted octanol–water partition coefficient (Wildman–Crippen LogP) is 1.89. The smallest absolute Gasteiger partial charge is 0.221 e. The topological polar surface area (TPSA) is 72.6 Å². The van der Waals surface area contributed by atoms with Crippen molar-refractivity contribution in [2.75, 3.05) is 19.8 Å². The summed E-state index contributed by atoms with van der Waals surface area (Å²) < 4.78 is 36.9. The van der Waals surface area contributed by atoms with Crippen molar-refractivity contribution < 1.29 is 17.7 Å². The third-order valence-electron chi connectivity index (χ3n) is 3.62. The van der Waals surface area contributed by atoms with Crippen molar-refractivity contribution in [1.82, 2.24) is 9.46 Å². The van der Waals surface area contributed by atoms with Crippen molar-refractivity contribution in [1.29, 1.82) is 0 Å². The van der Waals surface area contributed by atoms with Gasteiger partial charge in [0, 0.05) is 24.2 Å². The molecule has 0 radical (unpaired) electrons. The van der Waals surface area contributed by atoms with Crippen LogP contribution in [0.25, 0.3) is 11.3 Å². The quantitative estimate of drug-likeness (QED) is 0.859. The number of rotatable bonds is 4. The summed E-state index contributed by atoms with van der Waals surface area (Å²) in [6.45, 7) is 3.07. The number of aromatic nitrogens is 1. The van der Waals surface area contributed by atoms with Gasteiger partial charge in [-0.1, -0.05) is 35.5 Å². The maximum absolute atomic E-state index is 12.5. The molecule has 1 aromatic heterocycles. The van der Waals surface area contributed by atoms with Crippen molar-refractivity contribution in [3.05, 3.63) is 42.2 Å². The van der Waals surface area contributed by atoms with Gasteiger partial charge in [-0.2, -0.15) is 4.31 Å². The molecule has 0 bridgehead atoms. The zero-order chi connectivity index (χ0) is 15.6. The van der Waals surface area contributed by atoms with Gasteiger partial charge < -0.3 is 9.26 Å². The summed E-state index contributed by atoms with van der Waals surface area (Å²) in [6.07, 6.45) is 0. The predicted molar refractivity (Wildman–Crippen MR) is 81.5 cm³/mol. The Balaban J connectivity index is 1.77. The number of hydrogen-bond donors (Lipinski definition) is 0. The molecule has 1 fully saturated rings. The first-order valence-corrected chi connectivity index (χ1v) is 8.75. The van der Waals surface area contributed by atoms with E-state index in [0.717, 1.165) is 5.56 Å². The highest BCUT2D eigenvalue weighted by atomic mass is 32.2. The fourth-order valence-corrected chi connectivity index (χ4v) is 4.14. The Kier molecular flexibility index (Phi) is 4.28. The summed E-state index contributed by atoms with van der Waals surface area (Å²) in [5, 5.41) is 3.95. The van der Waals surface area contributed by atoms with Crippen molar-refractivity contribution in [2.24, 2.45) is 0 Å². The Morgan fingerprint density at radius 2 is 2.09 bits per heavy atom. The Labute approximate surface area is 129 Å². The summed E-state index contributed by atoms with van der Waals surface area (Å²) >= 11 is 0. The van der Waals surface area contributed by atoms with Gasteiger partial charge in [-0.05, 0) is 6.92 Å². The molecular weight excluding hydrogens is 304 g/mol. The van der Waals surface area contributed by atoms with Crippen LogP contribution in [0.1, 0.15) is 12.7 Å². The Morgan fingerprint density at radius 3 is 2.82 bits per heavy atom. The lowest BCUT2D eigenvalue weighted by Gasteiger charge is -2.31. The van der Waals surface area contributed by atoms with E-state index >= 15 is 0 Å². The SMILES string of the molecule is C[C@H]1COCCN1S(=O)(=O)Cc1cc(-c2ccccc2)no1. The molecule has 0 amide bonds. The molecule has 0 aliphatic carbocycles. The first-order valence-electron chi connectivity index (χ1n) is 7.14. The fourth-order valence-electron chi connectivity index (χ4n) is 2.51. The minimum Gasteiger partial charge on any atom is -0.378 e. The molecule has 1 saturated heterocycles. The van der Waals surface area contributed by atoms with Crippen LogP contribution in [-0.2, 0) is 20.5 Å². The van der Waals surface area contributed by atoms with Gasteiger partial charge >= 0.3 is 0 Å². The Bertz CT molecular complexity index is 727. The number of sulfonamides is 1. The fraction of sp³-hybridized carbons (Fsp3) is 0.400. The van der Waals surface area contributed by atoms with Crippen LogP contribution < -0.4 is 0 Å². The van der Waals surface area contributed by atoms with Crippen LogP contribution in [0.5, 0.6) is 0 Å². The van der Waals surface area contributed by atoms with E-state index in [1.54, 1.807) is 6.07 Å². The summed E-state index contributed by atoms with van der Waals surface area (Å²) in [5.41, 5.74) is 1.54. The molecule has 2 aromatic rings. The molecule has 1 aliphatic heterocycles. The van der Waals surface area contributed by atoms with Crippen LogP contribution in [0, 0.1) is 0 Å². The molecule has 0 unspecified atom stereocenters. The van der Waals surface area contributed by atoms with Gasteiger partial charge in [-0.3, -0.25) is 0 Å². The molecule has 118 valence electrons. The zero-order valence-electron chi connectivity index (χ0n) is 12.3. The molecular formula is C15H18N2O4S. The highest BCUT2D eigenvalue weighted by molar-refractivity contribution is 7.88. The van der Waals surface area contributed by atoms with Crippen molar-refractivity contribution in [2.45, 2.75) is 18.7 Å². The Hall–Kier alpha value is -1.70. The average molecular weight is 322 g/mol. The minimum atomic E-state index is -3.43. The maximum atomic E-state index is 12.5. The minimum absolute atomic E-state index is 0.157. The number of nitrogens with zero attached hydrogens (tertiary/aromatic N) is 2. The third kappa shape index (κ3) is 3.21. The van der Waals surface area contributed by atoms with E-state index in [9.17, 15) is 8.42 Å². The van der Waals surface area contributed by atoms with E-state index < -0.39 is 10.0 Å². The molecule has 22 heavy (non-hydrogen) atoms. The third-order valence-corrected chi connectivity index (χ3v) is 5.52. The van der Waals surface area contributed by atoms with Crippen molar-refractivity contribution in [3.63, 3.8) is 0 Å². The van der Waals surface area contributed by atoms with E-state index in [0.29, 0.717) is 31.2 Å². The van der Waals surface area contributed by atoms with Gasteiger partial charge in [0.1, 0.15) is 11.4 Å². The lowest BCUT2D eigenvalue weighted by molar-refractivity contribution is 0.0391. The van der Waals surface area contributed by atoms with Crippen LogP contribution in [0.2, 0.25) is 0 Å². The van der Waals surface area contributed by atoms with E-state index in [2.05, 4.69) is 5.16 Å². The lowest BCUT2D eigenvalue weighted by atomic mass is 10.1. The molecule has 2 heterocycles. The molecule has 0 N–H and O–H groups in total. The monoisotopic (exact) mass is 322 g/mol. The Morgan fingerprint density at radius 1 is 1.32 bits per heavy atom. The lowest BCUT2D eigenvalue weighted by Crippen LogP contribution is -2.47. The molecule has 7 heteroatoms. The summed E-state index contributed by atoms with van der Waals surface area (Å²) in [5.74, 6) is 0.162. The highest BCUT2D eigenvalue weighted by Crippen LogP contribution is 2.22. The summed E-state index contributed by atoms with van der Waals surface area (Å²) in [6, 6.07) is 11.0. The number of benzene rings is 1.